The lowest BCUT2D eigenvalue weighted by Gasteiger charge is -2.31. The molecule has 1 aromatic heterocycles. The van der Waals surface area contributed by atoms with E-state index >= 15 is 0 Å². The molecule has 1 saturated heterocycles. The Kier molecular flexibility index (Phi) is 7.08. The van der Waals surface area contributed by atoms with Crippen LogP contribution in [0, 0.1) is 5.92 Å². The van der Waals surface area contributed by atoms with Crippen molar-refractivity contribution < 1.29 is 23.7 Å². The number of rotatable bonds is 8. The summed E-state index contributed by atoms with van der Waals surface area (Å²) >= 11 is 1.66. The highest BCUT2D eigenvalue weighted by molar-refractivity contribution is 7.22. The van der Waals surface area contributed by atoms with Crippen molar-refractivity contribution in [2.24, 2.45) is 5.92 Å². The van der Waals surface area contributed by atoms with Gasteiger partial charge in [0, 0.05) is 25.6 Å². The Hall–Kier alpha value is -3.20. The van der Waals surface area contributed by atoms with Crippen molar-refractivity contribution in [3.63, 3.8) is 0 Å². The van der Waals surface area contributed by atoms with Crippen molar-refractivity contribution >= 4 is 32.6 Å². The molecule has 8 nitrogen and oxygen atoms in total. The van der Waals surface area contributed by atoms with E-state index in [9.17, 15) is 4.79 Å². The minimum Gasteiger partial charge on any atom is -0.497 e. The van der Waals surface area contributed by atoms with E-state index in [-0.39, 0.29) is 11.8 Å². The number of carbonyl (C=O) groups excluding carboxylic acids is 1. The number of anilines is 1. The second-order valence-corrected chi connectivity index (χ2v) is 8.85. The van der Waals surface area contributed by atoms with Gasteiger partial charge < -0.3 is 29.2 Å². The fourth-order valence-corrected chi connectivity index (χ4v) is 5.10. The van der Waals surface area contributed by atoms with Gasteiger partial charge in [0.25, 0.3) is 0 Å². The average molecular weight is 472 g/mol. The SMILES string of the molecule is COc1ccc2nc(N3CCC(C(=O)NCc4cc(OC)c(OC)c(OC)c4)CC3)sc2c1. The van der Waals surface area contributed by atoms with E-state index in [2.05, 4.69) is 10.2 Å². The van der Waals surface area contributed by atoms with Gasteiger partial charge in [-0.1, -0.05) is 11.3 Å². The van der Waals surface area contributed by atoms with E-state index in [1.807, 2.05) is 30.3 Å². The lowest BCUT2D eigenvalue weighted by atomic mass is 9.96. The highest BCUT2D eigenvalue weighted by atomic mass is 32.1. The van der Waals surface area contributed by atoms with E-state index < -0.39 is 0 Å². The summed E-state index contributed by atoms with van der Waals surface area (Å²) in [6, 6.07) is 9.63. The van der Waals surface area contributed by atoms with Gasteiger partial charge in [-0.15, -0.1) is 0 Å². The Morgan fingerprint density at radius 2 is 1.73 bits per heavy atom. The monoisotopic (exact) mass is 471 g/mol. The number of carbonyl (C=O) groups is 1. The number of hydrogen-bond donors (Lipinski definition) is 1. The number of thiazole rings is 1. The smallest absolute Gasteiger partial charge is 0.223 e. The van der Waals surface area contributed by atoms with Crippen LogP contribution >= 0.6 is 11.3 Å². The molecule has 9 heteroatoms. The number of fused-ring (bicyclic) bond motifs is 1. The largest absolute Gasteiger partial charge is 0.497 e. The summed E-state index contributed by atoms with van der Waals surface area (Å²) in [6.07, 6.45) is 1.58. The first-order chi connectivity index (χ1) is 16.1. The van der Waals surface area contributed by atoms with Gasteiger partial charge in [0.2, 0.25) is 11.7 Å². The second kappa shape index (κ2) is 10.2. The summed E-state index contributed by atoms with van der Waals surface area (Å²) in [5, 5.41) is 4.06. The van der Waals surface area contributed by atoms with Crippen LogP contribution in [-0.4, -0.2) is 52.4 Å². The van der Waals surface area contributed by atoms with Crippen LogP contribution in [0.25, 0.3) is 10.2 Å². The number of methoxy groups -OCH3 is 4. The molecule has 4 rings (SSSR count). The molecule has 33 heavy (non-hydrogen) atoms. The van der Waals surface area contributed by atoms with Crippen LogP contribution in [0.15, 0.2) is 30.3 Å². The first-order valence-corrected chi connectivity index (χ1v) is 11.6. The summed E-state index contributed by atoms with van der Waals surface area (Å²) in [7, 11) is 6.39. The number of benzene rings is 2. The lowest BCUT2D eigenvalue weighted by Crippen LogP contribution is -2.40. The Morgan fingerprint density at radius 1 is 1.03 bits per heavy atom. The van der Waals surface area contributed by atoms with Crippen LogP contribution in [0.2, 0.25) is 0 Å². The summed E-state index contributed by atoms with van der Waals surface area (Å²) in [6.45, 7) is 2.01. The normalized spacial score (nSPS) is 14.2. The molecule has 0 unspecified atom stereocenters. The molecule has 0 bridgehead atoms. The van der Waals surface area contributed by atoms with Crippen molar-refractivity contribution in [2.45, 2.75) is 19.4 Å². The predicted octanol–water partition coefficient (Wildman–Crippen LogP) is 3.86. The second-order valence-electron chi connectivity index (χ2n) is 7.84. The van der Waals surface area contributed by atoms with Gasteiger partial charge in [-0.25, -0.2) is 4.98 Å². The summed E-state index contributed by atoms with van der Waals surface area (Å²) in [4.78, 5) is 19.8. The van der Waals surface area contributed by atoms with Gasteiger partial charge in [0.15, 0.2) is 16.6 Å². The van der Waals surface area contributed by atoms with E-state index in [4.69, 9.17) is 23.9 Å². The number of aromatic nitrogens is 1. The molecule has 1 N–H and O–H groups in total. The zero-order valence-electron chi connectivity index (χ0n) is 19.3. The molecule has 0 radical (unpaired) electrons. The molecule has 2 aromatic carbocycles. The Balaban J connectivity index is 1.34. The number of piperidine rings is 1. The van der Waals surface area contributed by atoms with Crippen LogP contribution in [0.4, 0.5) is 5.13 Å². The number of ether oxygens (including phenoxy) is 4. The van der Waals surface area contributed by atoms with Crippen LogP contribution in [0.3, 0.4) is 0 Å². The molecule has 1 aliphatic rings. The molecule has 176 valence electrons. The van der Waals surface area contributed by atoms with Crippen LogP contribution in [0.1, 0.15) is 18.4 Å². The molecule has 0 saturated carbocycles. The standard InChI is InChI=1S/C24H29N3O5S/c1-29-17-5-6-18-21(13-17)33-24(26-18)27-9-7-16(8-10-27)23(28)25-14-15-11-19(30-2)22(32-4)20(12-15)31-3/h5-6,11-13,16H,7-10,14H2,1-4H3,(H,25,28). The Morgan fingerprint density at radius 3 is 2.33 bits per heavy atom. The topological polar surface area (TPSA) is 82.2 Å². The third-order valence-corrected chi connectivity index (χ3v) is 6.99. The maximum absolute atomic E-state index is 12.8. The fourth-order valence-electron chi connectivity index (χ4n) is 4.06. The molecule has 1 amide bonds. The van der Waals surface area contributed by atoms with Gasteiger partial charge in [-0.2, -0.15) is 0 Å². The van der Waals surface area contributed by atoms with E-state index in [1.165, 1.54) is 0 Å². The number of amides is 1. The van der Waals surface area contributed by atoms with Gasteiger partial charge in [0.05, 0.1) is 38.7 Å². The molecule has 0 spiro atoms. The van der Waals surface area contributed by atoms with E-state index in [0.717, 1.165) is 52.6 Å². The first-order valence-electron chi connectivity index (χ1n) is 10.8. The van der Waals surface area contributed by atoms with Crippen molar-refractivity contribution in [2.75, 3.05) is 46.4 Å². The molecule has 1 aliphatic heterocycles. The molecule has 0 aliphatic carbocycles. The maximum Gasteiger partial charge on any atom is 0.223 e. The van der Waals surface area contributed by atoms with E-state index in [0.29, 0.717) is 23.8 Å². The third-order valence-electron chi connectivity index (χ3n) is 5.91. The summed E-state index contributed by atoms with van der Waals surface area (Å²) in [5.74, 6) is 2.57. The van der Waals surface area contributed by atoms with Crippen LogP contribution in [0.5, 0.6) is 23.0 Å². The van der Waals surface area contributed by atoms with Gasteiger partial charge in [-0.3, -0.25) is 4.79 Å². The summed E-state index contributed by atoms with van der Waals surface area (Å²) in [5.41, 5.74) is 1.86. The van der Waals surface area contributed by atoms with Crippen molar-refractivity contribution in [3.05, 3.63) is 35.9 Å². The molecular weight excluding hydrogens is 442 g/mol. The minimum absolute atomic E-state index is 0.0160. The van der Waals surface area contributed by atoms with Crippen molar-refractivity contribution in [1.29, 1.82) is 0 Å². The predicted molar refractivity (Wildman–Crippen MR) is 129 cm³/mol. The molecule has 2 heterocycles. The van der Waals surface area contributed by atoms with Crippen LogP contribution < -0.4 is 29.2 Å². The van der Waals surface area contributed by atoms with Crippen LogP contribution in [-0.2, 0) is 11.3 Å². The summed E-state index contributed by atoms with van der Waals surface area (Å²) < 4.78 is 22.6. The number of nitrogens with one attached hydrogen (secondary N) is 1. The van der Waals surface area contributed by atoms with Crippen molar-refractivity contribution in [1.82, 2.24) is 10.3 Å². The number of nitrogens with zero attached hydrogens (tertiary/aromatic N) is 2. The molecule has 3 aromatic rings. The highest BCUT2D eigenvalue weighted by Crippen LogP contribution is 2.38. The molecule has 0 atom stereocenters. The zero-order valence-corrected chi connectivity index (χ0v) is 20.2. The van der Waals surface area contributed by atoms with Gasteiger partial charge >= 0.3 is 0 Å². The Bertz CT molecular complexity index is 1100. The average Bonchev–Trinajstić information content (AvgIpc) is 3.29. The van der Waals surface area contributed by atoms with E-state index in [1.54, 1.807) is 39.8 Å². The minimum atomic E-state index is -0.0160. The fraction of sp³-hybridized carbons (Fsp3) is 0.417. The molecular formula is C24H29N3O5S. The van der Waals surface area contributed by atoms with Gasteiger partial charge in [0.1, 0.15) is 5.75 Å². The maximum atomic E-state index is 12.8. The van der Waals surface area contributed by atoms with Gasteiger partial charge in [-0.05, 0) is 48.7 Å². The lowest BCUT2D eigenvalue weighted by molar-refractivity contribution is -0.125. The van der Waals surface area contributed by atoms with Crippen molar-refractivity contribution in [3.8, 4) is 23.0 Å². The third kappa shape index (κ3) is 4.93. The quantitative estimate of drug-likeness (QED) is 0.534. The zero-order chi connectivity index (χ0) is 23.4. The molecule has 1 fully saturated rings. The Labute approximate surface area is 197 Å². The highest BCUT2D eigenvalue weighted by Gasteiger charge is 2.26. The number of hydrogen-bond acceptors (Lipinski definition) is 8. The first kappa shape index (κ1) is 23.0.